The summed E-state index contributed by atoms with van der Waals surface area (Å²) in [6.45, 7) is 26.4. The smallest absolute Gasteiger partial charge is 0.502 e. The predicted octanol–water partition coefficient (Wildman–Crippen LogP) is 7.31. The van der Waals surface area contributed by atoms with Crippen LogP contribution in [-0.4, -0.2) is 42.3 Å². The van der Waals surface area contributed by atoms with Gasteiger partial charge in [0.05, 0.1) is 12.9 Å². The van der Waals surface area contributed by atoms with E-state index in [9.17, 15) is 28.3 Å². The molecule has 0 aliphatic rings. The number of carbonyl (C=O) groups excluding carboxylic acids is 1. The molecule has 282 valence electrons. The molecule has 1 N–H and O–H groups in total. The zero-order valence-corrected chi connectivity index (χ0v) is 32.1. The topological polar surface area (TPSA) is 170 Å². The Balaban J connectivity index is 5.33. The maximum atomic E-state index is 11.7. The van der Waals surface area contributed by atoms with Crippen LogP contribution in [-0.2, 0) is 28.9 Å². The minimum absolute atomic E-state index is 0.00828. The summed E-state index contributed by atoms with van der Waals surface area (Å²) in [7, 11) is -4.91. The van der Waals surface area contributed by atoms with E-state index < -0.39 is 28.8 Å². The predicted molar refractivity (Wildman–Crippen MR) is 178 cm³/mol. The molecule has 12 heteroatoms. The van der Waals surface area contributed by atoms with E-state index >= 15 is 0 Å². The molecular weight excluding hydrogens is 628 g/mol. The van der Waals surface area contributed by atoms with Crippen LogP contribution in [0.2, 0.25) is 0 Å². The molecule has 0 saturated carbocycles. The van der Waals surface area contributed by atoms with E-state index in [-0.39, 0.29) is 46.5 Å². The fourth-order valence-electron chi connectivity index (χ4n) is 7.72. The van der Waals surface area contributed by atoms with Crippen molar-refractivity contribution in [3.8, 4) is 0 Å². The third-order valence-corrected chi connectivity index (χ3v) is 8.91. The van der Waals surface area contributed by atoms with Crippen molar-refractivity contribution in [2.45, 2.75) is 166 Å². The van der Waals surface area contributed by atoms with Crippen LogP contribution in [0.3, 0.4) is 0 Å². The molecule has 9 unspecified atom stereocenters. The van der Waals surface area contributed by atoms with Crippen molar-refractivity contribution in [2.75, 3.05) is 0 Å². The number of hydrogen-bond acceptors (Lipinski definition) is 10. The zero-order valence-electron chi connectivity index (χ0n) is 31.3. The van der Waals surface area contributed by atoms with E-state index in [2.05, 4.69) is 72.1 Å². The van der Waals surface area contributed by atoms with Crippen LogP contribution >= 0.6 is 0 Å². The van der Waals surface area contributed by atoms with Gasteiger partial charge in [-0.2, -0.15) is 0 Å². The zero-order chi connectivity index (χ0) is 36.6. The molecule has 9 atom stereocenters. The molecule has 0 radical (unpaired) electrons. The lowest BCUT2D eigenvalue weighted by Gasteiger charge is -2.32. The van der Waals surface area contributed by atoms with Crippen molar-refractivity contribution in [1.29, 1.82) is 0 Å². The Morgan fingerprint density at radius 1 is 0.660 bits per heavy atom. The first kappa shape index (κ1) is 46.0. The third kappa shape index (κ3) is 26.5. The SMILES string of the molecule is CC(CC(C)CC(CC(C)CC(C)CC(CC(C)CC(C)(C)C)OC(=O)O[O-])OS(=O)(=O)[O-])CC(CC(C)CC(C)(C)C)O[CH-][OH+][O-]. The molecule has 0 heterocycles. The molecule has 0 aromatic heterocycles. The summed E-state index contributed by atoms with van der Waals surface area (Å²) < 4.78 is 51.0. The molecule has 0 fully saturated rings. The van der Waals surface area contributed by atoms with Crippen LogP contribution in [0.15, 0.2) is 0 Å². The van der Waals surface area contributed by atoms with Gasteiger partial charge in [-0.05, 0) is 111 Å². The Bertz CT molecular complexity index is 944. The standard InChI is InChI=1S/C35H69O11S/c1-24(15-30(42-23-43-37)19-28(5)21-34(7,8)9)13-26(3)17-32(46-47(39,40)41)18-27(4)14-25(2)16-31(44-33(36)45-38)20-29(6)22-35(10,11)12/h23-32,38,43H,13-22H2,1-12H3,(H,39,40,41)/q-1/p-2. The minimum Gasteiger partial charge on any atom is -0.726 e. The van der Waals surface area contributed by atoms with Gasteiger partial charge in [-0.3, -0.25) is 4.18 Å². The molecular formula is C35H67O11S-3. The summed E-state index contributed by atoms with van der Waals surface area (Å²) in [5, 5.41) is 21.3. The first-order valence-electron chi connectivity index (χ1n) is 17.3. The van der Waals surface area contributed by atoms with Crippen molar-refractivity contribution >= 4 is 16.6 Å². The molecule has 47 heavy (non-hydrogen) atoms. The Morgan fingerprint density at radius 3 is 1.38 bits per heavy atom. The second-order valence-corrected chi connectivity index (χ2v) is 18.2. The highest BCUT2D eigenvalue weighted by molar-refractivity contribution is 7.80. The average Bonchev–Trinajstić information content (AvgIpc) is 2.83. The van der Waals surface area contributed by atoms with Gasteiger partial charge in [-0.1, -0.05) is 83.1 Å². The van der Waals surface area contributed by atoms with Gasteiger partial charge in [0.2, 0.25) is 10.4 Å². The Kier molecular flexibility index (Phi) is 21.5. The average molecular weight is 696 g/mol. The quantitative estimate of drug-likeness (QED) is 0.0190. The highest BCUT2D eigenvalue weighted by Gasteiger charge is 2.27. The molecule has 11 nitrogen and oxygen atoms in total. The van der Waals surface area contributed by atoms with Gasteiger partial charge >= 0.3 is 6.16 Å². The number of ether oxygens (including phenoxy) is 2. The van der Waals surface area contributed by atoms with E-state index in [1.807, 2.05) is 20.8 Å². The second kappa shape index (κ2) is 21.9. The number of carbonyl (C=O) groups is 1. The molecule has 0 amide bonds. The van der Waals surface area contributed by atoms with Gasteiger partial charge in [0.1, 0.15) is 6.10 Å². The van der Waals surface area contributed by atoms with Crippen LogP contribution in [0.5, 0.6) is 0 Å². The number of hydrogen-bond donors (Lipinski definition) is 0. The summed E-state index contributed by atoms with van der Waals surface area (Å²) in [4.78, 5) is 18.0. The van der Waals surface area contributed by atoms with E-state index in [1.165, 1.54) is 0 Å². The van der Waals surface area contributed by atoms with Gasteiger partial charge < -0.3 is 34.3 Å². The molecule has 0 bridgehead atoms. The van der Waals surface area contributed by atoms with Gasteiger partial charge in [0.25, 0.3) is 0 Å². The molecule has 0 aromatic carbocycles. The largest absolute Gasteiger partial charge is 0.726 e. The monoisotopic (exact) mass is 695 g/mol. The molecule has 0 saturated heterocycles. The highest BCUT2D eigenvalue weighted by atomic mass is 32.3. The van der Waals surface area contributed by atoms with Crippen molar-refractivity contribution in [2.24, 2.45) is 46.3 Å². The van der Waals surface area contributed by atoms with Crippen molar-refractivity contribution < 1.29 is 51.7 Å². The van der Waals surface area contributed by atoms with E-state index in [4.69, 9.17) is 13.7 Å². The summed E-state index contributed by atoms with van der Waals surface area (Å²) in [6.07, 6.45) is 4.06. The van der Waals surface area contributed by atoms with Gasteiger partial charge in [0, 0.05) is 6.10 Å². The van der Waals surface area contributed by atoms with Crippen molar-refractivity contribution in [3.05, 3.63) is 6.79 Å². The molecule has 0 aromatic rings. The fraction of sp³-hybridized carbons (Fsp3) is 0.943. The Labute approximate surface area is 286 Å². The summed E-state index contributed by atoms with van der Waals surface area (Å²) >= 11 is 0. The van der Waals surface area contributed by atoms with E-state index in [0.29, 0.717) is 44.4 Å². The molecule has 0 rings (SSSR count). The second-order valence-electron chi connectivity index (χ2n) is 17.2. The van der Waals surface area contributed by atoms with Crippen LogP contribution < -0.4 is 10.5 Å². The lowest BCUT2D eigenvalue weighted by Crippen LogP contribution is -2.28. The first-order chi connectivity index (χ1) is 21.4. The molecule has 0 aliphatic heterocycles. The Morgan fingerprint density at radius 2 is 1.02 bits per heavy atom. The van der Waals surface area contributed by atoms with Crippen LogP contribution in [0.25, 0.3) is 0 Å². The molecule has 0 spiro atoms. The fourth-order valence-corrected chi connectivity index (χ4v) is 8.21. The minimum atomic E-state index is -4.91. The van der Waals surface area contributed by atoms with Crippen molar-refractivity contribution in [1.82, 2.24) is 0 Å². The molecule has 0 aliphatic carbocycles. The number of rotatable bonds is 24. The lowest BCUT2D eigenvalue weighted by molar-refractivity contribution is -0.771. The van der Waals surface area contributed by atoms with Crippen molar-refractivity contribution in [3.63, 3.8) is 0 Å². The summed E-state index contributed by atoms with van der Waals surface area (Å²) in [5.74, 6) is 0.992. The van der Waals surface area contributed by atoms with E-state index in [1.54, 1.807) is 0 Å². The van der Waals surface area contributed by atoms with Gasteiger partial charge in [0.15, 0.2) is 0 Å². The highest BCUT2D eigenvalue weighted by Crippen LogP contribution is 2.33. The third-order valence-electron chi connectivity index (χ3n) is 8.40. The van der Waals surface area contributed by atoms with Gasteiger partial charge in [-0.25, -0.2) is 13.2 Å². The van der Waals surface area contributed by atoms with Crippen LogP contribution in [0.4, 0.5) is 4.79 Å². The summed E-state index contributed by atoms with van der Waals surface area (Å²) in [5.41, 5.74) is 0.274. The maximum Gasteiger partial charge on any atom is 0.502 e. The first-order valence-corrected chi connectivity index (χ1v) is 18.7. The lowest BCUT2D eigenvalue weighted by atomic mass is 9.81. The normalized spacial score (nSPS) is 18.8. The van der Waals surface area contributed by atoms with Crippen LogP contribution in [0, 0.1) is 53.1 Å². The number of aliphatic hydroxyl groups is 1. The summed E-state index contributed by atoms with van der Waals surface area (Å²) in [6, 6.07) is 0. The van der Waals surface area contributed by atoms with Gasteiger partial charge in [-0.15, -0.1) is 0 Å². The Hall–Kier alpha value is -1.02. The van der Waals surface area contributed by atoms with E-state index in [0.717, 1.165) is 32.5 Å². The van der Waals surface area contributed by atoms with Crippen LogP contribution in [0.1, 0.15) is 147 Å². The maximum absolute atomic E-state index is 11.7.